The maximum Gasteiger partial charge on any atom is 0.472 e. The first kappa shape index (κ1) is 51.2. The van der Waals surface area contributed by atoms with Crippen LogP contribution < -0.4 is 5.73 Å². The number of carboxylic acid groups (broad SMARTS) is 1. The van der Waals surface area contributed by atoms with Crippen molar-refractivity contribution in [2.24, 2.45) is 5.73 Å². The average Bonchev–Trinajstić information content (AvgIpc) is 3.14. The summed E-state index contributed by atoms with van der Waals surface area (Å²) in [5.41, 5.74) is 5.32. The van der Waals surface area contributed by atoms with Crippen LogP contribution in [0, 0.1) is 0 Å². The van der Waals surface area contributed by atoms with Gasteiger partial charge in [0.15, 0.2) is 6.10 Å². The van der Waals surface area contributed by atoms with Crippen LogP contribution in [0.2, 0.25) is 0 Å². The molecule has 0 saturated heterocycles. The number of carbonyl (C=O) groups is 3. The lowest BCUT2D eigenvalue weighted by atomic mass is 10.1. The Bertz CT molecular complexity index is 1150. The number of carboxylic acids is 1. The molecule has 0 aliphatic rings. The lowest BCUT2D eigenvalue weighted by molar-refractivity contribution is -0.161. The van der Waals surface area contributed by atoms with Crippen molar-refractivity contribution in [3.8, 4) is 0 Å². The molecule has 310 valence electrons. The van der Waals surface area contributed by atoms with Gasteiger partial charge in [0.2, 0.25) is 0 Å². The van der Waals surface area contributed by atoms with Crippen molar-refractivity contribution < 1.29 is 47.5 Å². The highest BCUT2D eigenvalue weighted by molar-refractivity contribution is 7.47. The molecule has 0 fully saturated rings. The van der Waals surface area contributed by atoms with Crippen molar-refractivity contribution in [1.29, 1.82) is 0 Å². The van der Waals surface area contributed by atoms with Gasteiger partial charge in [0.1, 0.15) is 12.6 Å². The van der Waals surface area contributed by atoms with E-state index in [0.29, 0.717) is 12.8 Å². The fourth-order valence-corrected chi connectivity index (χ4v) is 5.83. The van der Waals surface area contributed by atoms with E-state index < -0.39 is 51.1 Å². The van der Waals surface area contributed by atoms with Gasteiger partial charge in [0, 0.05) is 12.8 Å². The molecule has 3 atom stereocenters. The Morgan fingerprint density at radius 3 is 1.56 bits per heavy atom. The van der Waals surface area contributed by atoms with Crippen LogP contribution in [0.5, 0.6) is 0 Å². The number of unbranched alkanes of at least 4 members (excludes halogenated alkanes) is 13. The van der Waals surface area contributed by atoms with Gasteiger partial charge in [-0.2, -0.15) is 0 Å². The lowest BCUT2D eigenvalue weighted by Crippen LogP contribution is -2.34. The van der Waals surface area contributed by atoms with Gasteiger partial charge >= 0.3 is 25.7 Å². The molecule has 0 spiro atoms. The first-order valence-corrected chi connectivity index (χ1v) is 21.8. The van der Waals surface area contributed by atoms with E-state index in [4.69, 9.17) is 24.8 Å². The van der Waals surface area contributed by atoms with Gasteiger partial charge in [-0.3, -0.25) is 23.4 Å². The third-order valence-corrected chi connectivity index (χ3v) is 9.20. The lowest BCUT2D eigenvalue weighted by Gasteiger charge is -2.20. The van der Waals surface area contributed by atoms with E-state index in [1.54, 1.807) is 0 Å². The third-order valence-electron chi connectivity index (χ3n) is 8.25. The second-order valence-corrected chi connectivity index (χ2v) is 14.8. The standard InChI is InChI=1S/C42H72NO10P/c1-3-5-7-9-11-13-15-17-19-21-23-25-27-29-31-33-40(44)50-35-38(36-51-54(48,49)52-37-39(43)42(46)47)53-41(45)34-32-30-28-26-24-22-20-18-16-14-12-10-8-6-4-2/h5,7,11-14,17-20,38-39H,3-4,6,8-10,15-16,21-37,43H2,1-2H3,(H,46,47)(H,48,49)/t38-,39+/m1/s1. The molecule has 1 unspecified atom stereocenters. The summed E-state index contributed by atoms with van der Waals surface area (Å²) in [6, 6.07) is -1.53. The number of ether oxygens (including phenoxy) is 2. The molecule has 0 aliphatic heterocycles. The fourth-order valence-electron chi connectivity index (χ4n) is 5.05. The summed E-state index contributed by atoms with van der Waals surface area (Å²) < 4.78 is 32.6. The number of aliphatic carboxylic acids is 1. The summed E-state index contributed by atoms with van der Waals surface area (Å²) >= 11 is 0. The molecule has 0 aromatic carbocycles. The molecular formula is C42H72NO10P. The van der Waals surface area contributed by atoms with E-state index in [1.165, 1.54) is 19.3 Å². The van der Waals surface area contributed by atoms with Crippen LogP contribution in [-0.4, -0.2) is 59.9 Å². The fraction of sp³-hybridized carbons (Fsp3) is 0.690. The number of esters is 2. The highest BCUT2D eigenvalue weighted by Gasteiger charge is 2.28. The van der Waals surface area contributed by atoms with Crippen molar-refractivity contribution in [3.63, 3.8) is 0 Å². The highest BCUT2D eigenvalue weighted by Crippen LogP contribution is 2.43. The van der Waals surface area contributed by atoms with Gasteiger partial charge in [-0.15, -0.1) is 0 Å². The van der Waals surface area contributed by atoms with Crippen molar-refractivity contribution in [1.82, 2.24) is 0 Å². The number of carbonyl (C=O) groups excluding carboxylic acids is 2. The largest absolute Gasteiger partial charge is 0.480 e. The molecule has 0 aliphatic carbocycles. The summed E-state index contributed by atoms with van der Waals surface area (Å²) in [7, 11) is -4.72. The molecule has 12 heteroatoms. The van der Waals surface area contributed by atoms with Crippen molar-refractivity contribution >= 4 is 25.7 Å². The van der Waals surface area contributed by atoms with Crippen LogP contribution in [0.15, 0.2) is 60.8 Å². The molecule has 0 saturated carbocycles. The van der Waals surface area contributed by atoms with E-state index >= 15 is 0 Å². The number of rotatable bonds is 37. The molecule has 54 heavy (non-hydrogen) atoms. The van der Waals surface area contributed by atoms with Gasteiger partial charge in [0.05, 0.1) is 13.2 Å². The number of hydrogen-bond acceptors (Lipinski definition) is 9. The zero-order chi connectivity index (χ0) is 40.0. The molecule has 0 aromatic heterocycles. The van der Waals surface area contributed by atoms with E-state index in [-0.39, 0.29) is 19.4 Å². The van der Waals surface area contributed by atoms with E-state index in [1.807, 2.05) is 0 Å². The monoisotopic (exact) mass is 781 g/mol. The summed E-state index contributed by atoms with van der Waals surface area (Å²) in [6.45, 7) is 2.61. The van der Waals surface area contributed by atoms with Crippen LogP contribution in [0.4, 0.5) is 0 Å². The molecule has 0 radical (unpaired) electrons. The van der Waals surface area contributed by atoms with Crippen LogP contribution in [0.1, 0.15) is 155 Å². The molecule has 4 N–H and O–H groups in total. The average molecular weight is 782 g/mol. The number of allylic oxidation sites excluding steroid dienone is 10. The molecule has 11 nitrogen and oxygen atoms in total. The Hall–Kier alpha value is -2.82. The van der Waals surface area contributed by atoms with Gasteiger partial charge in [0.25, 0.3) is 0 Å². The quantitative estimate of drug-likeness (QED) is 0.0237. The van der Waals surface area contributed by atoms with Crippen LogP contribution in [-0.2, 0) is 37.5 Å². The second-order valence-electron chi connectivity index (χ2n) is 13.4. The Labute approximate surface area is 326 Å². The number of phosphoric ester groups is 1. The number of nitrogens with two attached hydrogens (primary N) is 1. The normalized spacial score (nSPS) is 14.4. The molecule has 0 bridgehead atoms. The maximum atomic E-state index is 12.6. The van der Waals surface area contributed by atoms with Crippen LogP contribution >= 0.6 is 7.82 Å². The first-order valence-electron chi connectivity index (χ1n) is 20.3. The second kappa shape index (κ2) is 37.1. The number of phosphoric acid groups is 1. The van der Waals surface area contributed by atoms with Crippen LogP contribution in [0.25, 0.3) is 0 Å². The Morgan fingerprint density at radius 1 is 0.593 bits per heavy atom. The topological polar surface area (TPSA) is 172 Å². The molecule has 0 amide bonds. The molecule has 0 heterocycles. The van der Waals surface area contributed by atoms with Crippen LogP contribution in [0.3, 0.4) is 0 Å². The summed E-state index contributed by atoms with van der Waals surface area (Å²) in [5.74, 6) is -2.43. The van der Waals surface area contributed by atoms with Crippen molar-refractivity contribution in [3.05, 3.63) is 60.8 Å². The first-order chi connectivity index (χ1) is 26.1. The predicted octanol–water partition coefficient (Wildman–Crippen LogP) is 10.4. The van der Waals surface area contributed by atoms with E-state index in [2.05, 4.69) is 79.1 Å². The molecule has 0 aromatic rings. The third kappa shape index (κ3) is 36.2. The highest BCUT2D eigenvalue weighted by atomic mass is 31.2. The molecular weight excluding hydrogens is 709 g/mol. The summed E-state index contributed by atoms with van der Waals surface area (Å²) in [6.07, 6.45) is 41.4. The SMILES string of the molecule is CCC=CCC=CCC=CCCCCCCCC(=O)OC[C@H](COP(=O)(O)OC[C@H](N)C(=O)O)OC(=O)CCCCCCCC=CCC=CCCCCC. The number of hydrogen-bond donors (Lipinski definition) is 3. The van der Waals surface area contributed by atoms with Gasteiger partial charge < -0.3 is 25.2 Å². The molecule has 0 rings (SSSR count). The zero-order valence-electron chi connectivity index (χ0n) is 33.3. The van der Waals surface area contributed by atoms with E-state index in [0.717, 1.165) is 96.3 Å². The van der Waals surface area contributed by atoms with Crippen molar-refractivity contribution in [2.75, 3.05) is 19.8 Å². The van der Waals surface area contributed by atoms with Gasteiger partial charge in [-0.25, -0.2) is 4.57 Å². The van der Waals surface area contributed by atoms with Gasteiger partial charge in [-0.05, 0) is 77.0 Å². The predicted molar refractivity (Wildman–Crippen MR) is 217 cm³/mol. The smallest absolute Gasteiger partial charge is 0.472 e. The van der Waals surface area contributed by atoms with Gasteiger partial charge in [-0.1, -0.05) is 126 Å². The zero-order valence-corrected chi connectivity index (χ0v) is 34.2. The minimum atomic E-state index is -4.72. The Balaban J connectivity index is 4.47. The Morgan fingerprint density at radius 2 is 1.04 bits per heavy atom. The van der Waals surface area contributed by atoms with Crippen molar-refractivity contribution in [2.45, 2.75) is 167 Å². The minimum Gasteiger partial charge on any atom is -0.480 e. The summed E-state index contributed by atoms with van der Waals surface area (Å²) in [4.78, 5) is 45.9. The maximum absolute atomic E-state index is 12.6. The van der Waals surface area contributed by atoms with E-state index in [9.17, 15) is 23.8 Å². The minimum absolute atomic E-state index is 0.138. The Kier molecular flexibility index (Phi) is 35.2. The summed E-state index contributed by atoms with van der Waals surface area (Å²) in [5, 5.41) is 8.87.